The van der Waals surface area contributed by atoms with Crippen LogP contribution in [0.3, 0.4) is 0 Å². The Morgan fingerprint density at radius 2 is 1.83 bits per heavy atom. The number of aromatic nitrogens is 6. The minimum atomic E-state index is -0.538. The predicted octanol–water partition coefficient (Wildman–Crippen LogP) is 4.05. The number of fused-ring (bicyclic) bond motifs is 1. The number of halogens is 2. The summed E-state index contributed by atoms with van der Waals surface area (Å²) in [5.41, 5.74) is 2.21. The van der Waals surface area contributed by atoms with E-state index in [0.29, 0.717) is 47.3 Å². The Kier molecular flexibility index (Phi) is 7.05. The van der Waals surface area contributed by atoms with Crippen molar-refractivity contribution in [2.75, 3.05) is 11.9 Å². The van der Waals surface area contributed by atoms with Crippen molar-refractivity contribution >= 4 is 34.4 Å². The van der Waals surface area contributed by atoms with E-state index in [1.165, 1.54) is 20.2 Å². The third-order valence-corrected chi connectivity index (χ3v) is 8.13. The Balaban J connectivity index is 1.29. The van der Waals surface area contributed by atoms with Crippen LogP contribution in [0, 0.1) is 18.7 Å². The van der Waals surface area contributed by atoms with Crippen molar-refractivity contribution in [3.8, 4) is 0 Å². The standard InChI is InChI=1S/C30H29ClFN7O3/c1-17-24(26(31)37(3)35-17)28(40)36(2)21-12-10-18(11-13-21)14-23-33-25-27(34-23)38(15-19-8-9-19)30(42)39(29(25)41)16-20-6-4-5-7-22(20)32/h4-7,10-13,19H,8-9,14-16H2,1-3H3,(H,33,34). The molecular weight excluding hydrogens is 561 g/mol. The van der Waals surface area contributed by atoms with Gasteiger partial charge in [0, 0.05) is 38.3 Å². The van der Waals surface area contributed by atoms with Gasteiger partial charge in [-0.2, -0.15) is 5.10 Å². The maximum atomic E-state index is 14.4. The molecule has 0 aliphatic heterocycles. The van der Waals surface area contributed by atoms with Gasteiger partial charge in [-0.05, 0) is 49.4 Å². The highest BCUT2D eigenvalue weighted by atomic mass is 35.5. The van der Waals surface area contributed by atoms with E-state index < -0.39 is 17.1 Å². The van der Waals surface area contributed by atoms with Gasteiger partial charge in [-0.25, -0.2) is 14.2 Å². The largest absolute Gasteiger partial charge is 0.336 e. The number of aromatic amines is 1. The van der Waals surface area contributed by atoms with E-state index in [1.807, 2.05) is 24.3 Å². The van der Waals surface area contributed by atoms with Gasteiger partial charge in [0.1, 0.15) is 22.3 Å². The molecule has 6 rings (SSSR count). The summed E-state index contributed by atoms with van der Waals surface area (Å²) in [6.45, 7) is 2.02. The highest BCUT2D eigenvalue weighted by molar-refractivity contribution is 6.33. The molecule has 1 amide bonds. The van der Waals surface area contributed by atoms with Crippen LogP contribution in [0.4, 0.5) is 10.1 Å². The number of imidazole rings is 1. The molecule has 0 atom stereocenters. The molecule has 2 aromatic carbocycles. The molecule has 3 heterocycles. The van der Waals surface area contributed by atoms with Gasteiger partial charge in [-0.3, -0.25) is 23.4 Å². The van der Waals surface area contributed by atoms with Crippen LogP contribution >= 0.6 is 11.6 Å². The van der Waals surface area contributed by atoms with E-state index in [4.69, 9.17) is 11.6 Å². The molecule has 3 aromatic heterocycles. The normalized spacial score (nSPS) is 13.2. The van der Waals surface area contributed by atoms with Gasteiger partial charge in [0.15, 0.2) is 5.65 Å². The van der Waals surface area contributed by atoms with Crippen molar-refractivity contribution in [2.24, 2.45) is 13.0 Å². The Morgan fingerprint density at radius 3 is 2.48 bits per heavy atom. The molecule has 1 fully saturated rings. The molecule has 0 unspecified atom stereocenters. The highest BCUT2D eigenvalue weighted by Crippen LogP contribution is 2.31. The number of amides is 1. The van der Waals surface area contributed by atoms with Gasteiger partial charge in [-0.1, -0.05) is 41.9 Å². The molecule has 1 aliphatic carbocycles. The zero-order valence-electron chi connectivity index (χ0n) is 23.4. The lowest BCUT2D eigenvalue weighted by atomic mass is 10.1. The van der Waals surface area contributed by atoms with E-state index >= 15 is 0 Å². The fourth-order valence-corrected chi connectivity index (χ4v) is 5.40. The van der Waals surface area contributed by atoms with Crippen molar-refractivity contribution in [1.29, 1.82) is 0 Å². The summed E-state index contributed by atoms with van der Waals surface area (Å²) in [6.07, 6.45) is 2.38. The maximum Gasteiger partial charge on any atom is 0.333 e. The molecule has 0 bridgehead atoms. The Bertz CT molecular complexity index is 1950. The number of rotatable bonds is 8. The zero-order valence-corrected chi connectivity index (χ0v) is 24.2. The lowest BCUT2D eigenvalue weighted by molar-refractivity contribution is 0.0992. The molecule has 12 heteroatoms. The lowest BCUT2D eigenvalue weighted by Crippen LogP contribution is -2.40. The Morgan fingerprint density at radius 1 is 1.12 bits per heavy atom. The van der Waals surface area contributed by atoms with Crippen LogP contribution in [0.2, 0.25) is 5.15 Å². The van der Waals surface area contributed by atoms with Gasteiger partial charge >= 0.3 is 5.69 Å². The van der Waals surface area contributed by atoms with Gasteiger partial charge < -0.3 is 9.88 Å². The molecule has 1 N–H and O–H groups in total. The molecule has 0 radical (unpaired) electrons. The summed E-state index contributed by atoms with van der Waals surface area (Å²) in [7, 11) is 3.35. The van der Waals surface area contributed by atoms with Crippen LogP contribution in [0.1, 0.15) is 45.8 Å². The molecule has 0 saturated heterocycles. The van der Waals surface area contributed by atoms with Crippen LogP contribution < -0.4 is 16.1 Å². The number of nitrogens with zero attached hydrogens (tertiary/aromatic N) is 6. The summed E-state index contributed by atoms with van der Waals surface area (Å²) in [4.78, 5) is 49.3. The summed E-state index contributed by atoms with van der Waals surface area (Å²) in [5, 5.41) is 4.50. The van der Waals surface area contributed by atoms with Crippen molar-refractivity contribution < 1.29 is 9.18 Å². The zero-order chi connectivity index (χ0) is 29.7. The third kappa shape index (κ3) is 5.04. The lowest BCUT2D eigenvalue weighted by Gasteiger charge is -2.17. The minimum absolute atomic E-state index is 0.170. The van der Waals surface area contributed by atoms with Gasteiger partial charge in [0.2, 0.25) is 0 Å². The fraction of sp³-hybridized carbons (Fsp3) is 0.300. The number of carbonyl (C=O) groups excluding carboxylic acids is 1. The summed E-state index contributed by atoms with van der Waals surface area (Å²) < 4.78 is 18.5. The SMILES string of the molecule is Cc1nn(C)c(Cl)c1C(=O)N(C)c1ccc(Cc2nc3c([nH]2)c(=O)n(Cc2ccccc2F)c(=O)n3CC2CC2)cc1. The van der Waals surface area contributed by atoms with Crippen LogP contribution in [-0.2, 0) is 26.6 Å². The second kappa shape index (κ2) is 10.7. The topological polar surface area (TPSA) is 111 Å². The molecule has 10 nitrogen and oxygen atoms in total. The fourth-order valence-electron chi connectivity index (χ4n) is 5.15. The van der Waals surface area contributed by atoms with Crippen LogP contribution in [0.25, 0.3) is 11.2 Å². The average Bonchev–Trinajstić information content (AvgIpc) is 3.64. The van der Waals surface area contributed by atoms with Crippen molar-refractivity contribution in [3.05, 3.63) is 109 Å². The molecule has 1 aliphatic rings. The number of nitrogens with one attached hydrogen (secondary N) is 1. The van der Waals surface area contributed by atoms with Crippen molar-refractivity contribution in [1.82, 2.24) is 28.9 Å². The summed E-state index contributed by atoms with van der Waals surface area (Å²) in [6, 6.07) is 13.5. The van der Waals surface area contributed by atoms with E-state index in [1.54, 1.807) is 39.2 Å². The smallest absolute Gasteiger partial charge is 0.333 e. The highest BCUT2D eigenvalue weighted by Gasteiger charge is 2.26. The van der Waals surface area contributed by atoms with Gasteiger partial charge in [-0.15, -0.1) is 0 Å². The van der Waals surface area contributed by atoms with E-state index in [-0.39, 0.29) is 28.7 Å². The maximum absolute atomic E-state index is 14.4. The number of hydrogen-bond acceptors (Lipinski definition) is 5. The molecule has 42 heavy (non-hydrogen) atoms. The van der Waals surface area contributed by atoms with Crippen molar-refractivity contribution in [3.63, 3.8) is 0 Å². The van der Waals surface area contributed by atoms with E-state index in [2.05, 4.69) is 15.1 Å². The van der Waals surface area contributed by atoms with E-state index in [9.17, 15) is 18.8 Å². The first-order valence-electron chi connectivity index (χ1n) is 13.6. The summed E-state index contributed by atoms with van der Waals surface area (Å²) >= 11 is 6.29. The van der Waals surface area contributed by atoms with Crippen LogP contribution in [0.5, 0.6) is 0 Å². The minimum Gasteiger partial charge on any atom is -0.336 e. The molecule has 5 aromatic rings. The second-order valence-electron chi connectivity index (χ2n) is 10.8. The molecule has 1 saturated carbocycles. The molecule has 0 spiro atoms. The third-order valence-electron chi connectivity index (χ3n) is 7.70. The second-order valence-corrected chi connectivity index (χ2v) is 11.1. The Hall–Kier alpha value is -4.51. The van der Waals surface area contributed by atoms with Crippen LogP contribution in [0.15, 0.2) is 58.1 Å². The number of anilines is 1. The first-order chi connectivity index (χ1) is 20.1. The molecular formula is C30H29ClFN7O3. The monoisotopic (exact) mass is 589 g/mol. The van der Waals surface area contributed by atoms with Gasteiger partial charge in [0.25, 0.3) is 11.5 Å². The quantitative estimate of drug-likeness (QED) is 0.294. The number of hydrogen-bond donors (Lipinski definition) is 1. The van der Waals surface area contributed by atoms with Crippen LogP contribution in [-0.4, -0.2) is 41.8 Å². The first kappa shape index (κ1) is 27.6. The molecule has 216 valence electrons. The average molecular weight is 590 g/mol. The number of carbonyl (C=O) groups is 1. The first-order valence-corrected chi connectivity index (χ1v) is 14.0. The van der Waals surface area contributed by atoms with Crippen molar-refractivity contribution in [2.45, 2.75) is 39.3 Å². The number of H-pyrrole nitrogens is 1. The van der Waals surface area contributed by atoms with E-state index in [0.717, 1.165) is 23.0 Å². The summed E-state index contributed by atoms with van der Waals surface area (Å²) in [5.74, 6) is 0.126. The number of aryl methyl sites for hydroxylation is 2. The predicted molar refractivity (Wildman–Crippen MR) is 158 cm³/mol. The number of benzene rings is 2. The van der Waals surface area contributed by atoms with Gasteiger partial charge in [0.05, 0.1) is 17.8 Å². The Labute approximate surface area is 245 Å².